The fourth-order valence-corrected chi connectivity index (χ4v) is 2.89. The van der Waals surface area contributed by atoms with E-state index in [1.165, 1.54) is 4.90 Å². The topological polar surface area (TPSA) is 60.9 Å². The average molecular weight is 274 g/mol. The number of carbonyl (C=O) groups excluding carboxylic acids is 1. The van der Waals surface area contributed by atoms with Crippen molar-refractivity contribution >= 4 is 17.7 Å². The summed E-state index contributed by atoms with van der Waals surface area (Å²) in [4.78, 5) is 27.4. The lowest BCUT2D eigenvalue weighted by Crippen LogP contribution is -2.50. The van der Waals surface area contributed by atoms with E-state index in [-0.39, 0.29) is 12.1 Å². The second kappa shape index (κ2) is 4.81. The number of rotatable bonds is 3. The van der Waals surface area contributed by atoms with Crippen LogP contribution in [-0.4, -0.2) is 40.6 Å². The summed E-state index contributed by atoms with van der Waals surface area (Å²) in [7, 11) is 0. The summed E-state index contributed by atoms with van der Waals surface area (Å²) < 4.78 is 0. The molecule has 5 nitrogen and oxygen atoms in total. The number of hydrogen-bond acceptors (Lipinski definition) is 2. The number of anilines is 1. The highest BCUT2D eigenvalue weighted by Crippen LogP contribution is 2.35. The van der Waals surface area contributed by atoms with Crippen LogP contribution in [0.2, 0.25) is 0 Å². The molecule has 1 saturated carbocycles. The van der Waals surface area contributed by atoms with Gasteiger partial charge in [-0.3, -0.25) is 4.90 Å². The van der Waals surface area contributed by atoms with Crippen LogP contribution in [0, 0.1) is 0 Å². The largest absolute Gasteiger partial charge is 0.480 e. The summed E-state index contributed by atoms with van der Waals surface area (Å²) in [5, 5.41) is 9.40. The molecular weight excluding hydrogens is 256 g/mol. The van der Waals surface area contributed by atoms with Crippen LogP contribution in [0.1, 0.15) is 25.3 Å². The summed E-state index contributed by atoms with van der Waals surface area (Å²) in [5.74, 6) is -0.943. The third-order valence-electron chi connectivity index (χ3n) is 4.04. The van der Waals surface area contributed by atoms with Gasteiger partial charge in [-0.25, -0.2) is 9.59 Å². The summed E-state index contributed by atoms with van der Waals surface area (Å²) in [6.45, 7) is 2.56. The third-order valence-corrected chi connectivity index (χ3v) is 4.04. The molecule has 106 valence electrons. The Morgan fingerprint density at radius 2 is 2.05 bits per heavy atom. The van der Waals surface area contributed by atoms with Gasteiger partial charge in [-0.15, -0.1) is 0 Å². The molecule has 0 radical (unpaired) electrons. The van der Waals surface area contributed by atoms with Crippen LogP contribution < -0.4 is 4.90 Å². The molecule has 1 aromatic rings. The second-order valence-corrected chi connectivity index (χ2v) is 5.36. The van der Waals surface area contributed by atoms with Crippen molar-refractivity contribution in [2.24, 2.45) is 0 Å². The molecule has 1 aliphatic heterocycles. The predicted octanol–water partition coefficient (Wildman–Crippen LogP) is 2.11. The Morgan fingerprint density at radius 1 is 1.35 bits per heavy atom. The maximum absolute atomic E-state index is 12.7. The molecule has 1 aliphatic carbocycles. The van der Waals surface area contributed by atoms with E-state index >= 15 is 0 Å². The Kier molecular flexibility index (Phi) is 3.12. The minimum absolute atomic E-state index is 0.174. The molecule has 2 amide bonds. The maximum atomic E-state index is 12.7. The molecule has 1 atom stereocenters. The SMILES string of the molecule is CCN(C(=O)N1c2ccccc2CC1C(=O)O)C1CC1. The van der Waals surface area contributed by atoms with Crippen LogP contribution in [-0.2, 0) is 11.2 Å². The fraction of sp³-hybridized carbons (Fsp3) is 0.467. The lowest BCUT2D eigenvalue weighted by molar-refractivity contribution is -0.138. The molecule has 0 aromatic heterocycles. The Bertz CT molecular complexity index is 554. The number of aliphatic carboxylic acids is 1. The van der Waals surface area contributed by atoms with Gasteiger partial charge in [-0.05, 0) is 31.4 Å². The van der Waals surface area contributed by atoms with Gasteiger partial charge < -0.3 is 10.0 Å². The van der Waals surface area contributed by atoms with Gasteiger partial charge >= 0.3 is 12.0 Å². The van der Waals surface area contributed by atoms with Gasteiger partial charge in [0.05, 0.1) is 0 Å². The molecule has 1 heterocycles. The van der Waals surface area contributed by atoms with Gasteiger partial charge in [0.15, 0.2) is 0 Å². The number of carbonyl (C=O) groups is 2. The lowest BCUT2D eigenvalue weighted by Gasteiger charge is -2.30. The van der Waals surface area contributed by atoms with Gasteiger partial charge in [0.1, 0.15) is 6.04 Å². The number of carboxylic acid groups (broad SMARTS) is 1. The predicted molar refractivity (Wildman–Crippen MR) is 74.8 cm³/mol. The van der Waals surface area contributed by atoms with Crippen LogP contribution >= 0.6 is 0 Å². The highest BCUT2D eigenvalue weighted by molar-refractivity contribution is 6.01. The van der Waals surface area contributed by atoms with Crippen LogP contribution in [0.15, 0.2) is 24.3 Å². The van der Waals surface area contributed by atoms with Gasteiger partial charge in [0.25, 0.3) is 0 Å². The van der Waals surface area contributed by atoms with E-state index in [2.05, 4.69) is 0 Å². The molecule has 1 fully saturated rings. The quantitative estimate of drug-likeness (QED) is 0.918. The van der Waals surface area contributed by atoms with Crippen molar-refractivity contribution in [3.63, 3.8) is 0 Å². The Hall–Kier alpha value is -2.04. The monoisotopic (exact) mass is 274 g/mol. The Balaban J connectivity index is 1.95. The van der Waals surface area contributed by atoms with Gasteiger partial charge in [-0.1, -0.05) is 18.2 Å². The van der Waals surface area contributed by atoms with Crippen molar-refractivity contribution in [2.75, 3.05) is 11.4 Å². The summed E-state index contributed by atoms with van der Waals surface area (Å²) >= 11 is 0. The molecule has 0 saturated heterocycles. The van der Waals surface area contributed by atoms with Gasteiger partial charge in [0, 0.05) is 24.7 Å². The molecule has 20 heavy (non-hydrogen) atoms. The number of nitrogens with zero attached hydrogens (tertiary/aromatic N) is 2. The zero-order valence-electron chi connectivity index (χ0n) is 11.5. The van der Waals surface area contributed by atoms with E-state index < -0.39 is 12.0 Å². The normalized spacial score (nSPS) is 20.6. The van der Waals surface area contributed by atoms with Crippen molar-refractivity contribution in [1.82, 2.24) is 4.90 Å². The number of carboxylic acids is 1. The summed E-state index contributed by atoms with van der Waals surface area (Å²) in [5.41, 5.74) is 1.67. The van der Waals surface area contributed by atoms with E-state index in [4.69, 9.17) is 0 Å². The molecule has 5 heteroatoms. The zero-order chi connectivity index (χ0) is 14.3. The second-order valence-electron chi connectivity index (χ2n) is 5.36. The molecule has 2 aliphatic rings. The van der Waals surface area contributed by atoms with Crippen LogP contribution in [0.5, 0.6) is 0 Å². The van der Waals surface area contributed by atoms with Crippen LogP contribution in [0.25, 0.3) is 0 Å². The highest BCUT2D eigenvalue weighted by Gasteiger charge is 2.42. The molecule has 0 bridgehead atoms. The minimum atomic E-state index is -0.943. The van der Waals surface area contributed by atoms with E-state index in [9.17, 15) is 14.7 Å². The number of para-hydroxylation sites is 1. The summed E-state index contributed by atoms with van der Waals surface area (Å²) in [6.07, 6.45) is 2.43. The Labute approximate surface area is 117 Å². The van der Waals surface area contributed by atoms with Crippen molar-refractivity contribution in [1.29, 1.82) is 0 Å². The third kappa shape index (κ3) is 2.03. The van der Waals surface area contributed by atoms with Crippen LogP contribution in [0.4, 0.5) is 10.5 Å². The van der Waals surface area contributed by atoms with E-state index in [0.29, 0.717) is 13.0 Å². The molecular formula is C15H18N2O3. The van der Waals surface area contributed by atoms with Gasteiger partial charge in [0.2, 0.25) is 0 Å². The minimum Gasteiger partial charge on any atom is -0.480 e. The van der Waals surface area contributed by atoms with Crippen LogP contribution in [0.3, 0.4) is 0 Å². The van der Waals surface area contributed by atoms with Crippen molar-refractivity contribution in [2.45, 2.75) is 38.3 Å². The molecule has 0 spiro atoms. The van der Waals surface area contributed by atoms with Crippen molar-refractivity contribution < 1.29 is 14.7 Å². The number of hydrogen-bond donors (Lipinski definition) is 1. The first-order valence-corrected chi connectivity index (χ1v) is 7.04. The molecule has 3 rings (SSSR count). The number of benzene rings is 1. The highest BCUT2D eigenvalue weighted by atomic mass is 16.4. The smallest absolute Gasteiger partial charge is 0.327 e. The van der Waals surface area contributed by atoms with Gasteiger partial charge in [-0.2, -0.15) is 0 Å². The lowest BCUT2D eigenvalue weighted by atomic mass is 10.1. The van der Waals surface area contributed by atoms with E-state index in [1.54, 1.807) is 4.90 Å². The average Bonchev–Trinajstić information content (AvgIpc) is 3.18. The van der Waals surface area contributed by atoms with Crippen molar-refractivity contribution in [3.05, 3.63) is 29.8 Å². The van der Waals surface area contributed by atoms with E-state index in [1.807, 2.05) is 31.2 Å². The first-order valence-electron chi connectivity index (χ1n) is 7.04. The first-order chi connectivity index (χ1) is 9.63. The summed E-state index contributed by atoms with van der Waals surface area (Å²) in [6, 6.07) is 6.78. The van der Waals surface area contributed by atoms with Crippen molar-refractivity contribution in [3.8, 4) is 0 Å². The Morgan fingerprint density at radius 3 is 2.65 bits per heavy atom. The first kappa shape index (κ1) is 13.0. The maximum Gasteiger partial charge on any atom is 0.327 e. The standard InChI is InChI=1S/C15H18N2O3/c1-2-16(11-7-8-11)15(20)17-12-6-4-3-5-10(12)9-13(17)14(18)19/h3-6,11,13H,2,7-9H2,1H3,(H,18,19). The molecule has 1 unspecified atom stereocenters. The zero-order valence-corrected chi connectivity index (χ0v) is 11.5. The fourth-order valence-electron chi connectivity index (χ4n) is 2.89. The number of amides is 2. The number of fused-ring (bicyclic) bond motifs is 1. The molecule has 1 N–H and O–H groups in total. The number of urea groups is 1. The molecule has 1 aromatic carbocycles. The van der Waals surface area contributed by atoms with E-state index in [0.717, 1.165) is 24.1 Å².